The third-order valence-corrected chi connectivity index (χ3v) is 5.98. The normalized spacial score (nSPS) is 16.6. The molecule has 3 aromatic heterocycles. The lowest BCUT2D eigenvalue weighted by molar-refractivity contribution is 0.0319. The number of ether oxygens (including phenoxy) is 4. The lowest BCUT2D eigenvalue weighted by Gasteiger charge is -2.26. The minimum absolute atomic E-state index is 0.0626. The molecule has 5 rings (SSSR count). The number of nitrogens with two attached hydrogens (primary N) is 1. The molecule has 0 bridgehead atoms. The van der Waals surface area contributed by atoms with Crippen LogP contribution in [0.3, 0.4) is 0 Å². The van der Waals surface area contributed by atoms with Gasteiger partial charge in [0.2, 0.25) is 5.88 Å². The van der Waals surface area contributed by atoms with E-state index in [-0.39, 0.29) is 11.6 Å². The van der Waals surface area contributed by atoms with Crippen LogP contribution in [0.15, 0.2) is 42.7 Å². The van der Waals surface area contributed by atoms with Crippen molar-refractivity contribution >= 4 is 17.4 Å². The number of aromatic carboxylic acids is 1. The van der Waals surface area contributed by atoms with Crippen molar-refractivity contribution in [2.45, 2.75) is 0 Å². The van der Waals surface area contributed by atoms with Crippen LogP contribution in [0.25, 0.3) is 5.65 Å². The maximum Gasteiger partial charge on any atom is 0.358 e. The van der Waals surface area contributed by atoms with Crippen LogP contribution in [0, 0.1) is 0 Å². The summed E-state index contributed by atoms with van der Waals surface area (Å²) in [6, 6.07) is 8.88. The minimum Gasteiger partial charge on any atom is -0.492 e. The van der Waals surface area contributed by atoms with Gasteiger partial charge in [0.15, 0.2) is 5.69 Å². The highest BCUT2D eigenvalue weighted by atomic mass is 16.5. The fourth-order valence-corrected chi connectivity index (χ4v) is 4.00. The summed E-state index contributed by atoms with van der Waals surface area (Å²) in [6.45, 7) is 9.56. The summed E-state index contributed by atoms with van der Waals surface area (Å²) in [5.41, 5.74) is 6.18. The molecule has 2 fully saturated rings. The Hall–Kier alpha value is -3.45. The summed E-state index contributed by atoms with van der Waals surface area (Å²) in [5, 5.41) is 9.33. The van der Waals surface area contributed by atoms with Gasteiger partial charge in [0, 0.05) is 57.7 Å². The molecule has 2 saturated heterocycles. The Kier molecular flexibility index (Phi) is 9.89. The molecule has 12 heteroatoms. The van der Waals surface area contributed by atoms with Gasteiger partial charge in [0.1, 0.15) is 30.4 Å². The summed E-state index contributed by atoms with van der Waals surface area (Å²) < 4.78 is 23.2. The van der Waals surface area contributed by atoms with Crippen molar-refractivity contribution in [3.8, 4) is 11.6 Å². The molecule has 0 radical (unpaired) electrons. The molecule has 0 saturated carbocycles. The van der Waals surface area contributed by atoms with Gasteiger partial charge in [-0.05, 0) is 18.2 Å². The number of rotatable bonds is 9. The molecule has 3 aromatic rings. The highest BCUT2D eigenvalue weighted by Gasteiger charge is 2.20. The summed E-state index contributed by atoms with van der Waals surface area (Å²) in [4.78, 5) is 24.1. The van der Waals surface area contributed by atoms with E-state index in [1.807, 2.05) is 12.1 Å². The lowest BCUT2D eigenvalue weighted by Crippen LogP contribution is -2.38. The number of hydrogen-bond donors (Lipinski definition) is 2. The van der Waals surface area contributed by atoms with Gasteiger partial charge in [-0.1, -0.05) is 6.07 Å². The van der Waals surface area contributed by atoms with E-state index in [2.05, 4.69) is 19.8 Å². The quantitative estimate of drug-likeness (QED) is 0.425. The number of nitrogen functional groups attached to an aromatic ring is 1. The van der Waals surface area contributed by atoms with Gasteiger partial charge in [-0.25, -0.2) is 9.78 Å². The first-order valence-electron chi connectivity index (χ1n) is 12.4. The van der Waals surface area contributed by atoms with Crippen molar-refractivity contribution in [2.75, 3.05) is 84.6 Å². The molecule has 200 valence electrons. The van der Waals surface area contributed by atoms with Gasteiger partial charge in [-0.15, -0.1) is 0 Å². The number of pyridine rings is 2. The Labute approximate surface area is 215 Å². The third kappa shape index (κ3) is 8.02. The Balaban J connectivity index is 0.000000180. The van der Waals surface area contributed by atoms with Crippen LogP contribution in [-0.4, -0.2) is 114 Å². The molecule has 0 unspecified atom stereocenters. The third-order valence-electron chi connectivity index (χ3n) is 5.98. The van der Waals surface area contributed by atoms with E-state index >= 15 is 0 Å². The van der Waals surface area contributed by atoms with Crippen molar-refractivity contribution < 1.29 is 28.8 Å². The monoisotopic (exact) mass is 514 g/mol. The summed E-state index contributed by atoms with van der Waals surface area (Å²) in [7, 11) is 0. The van der Waals surface area contributed by atoms with Crippen molar-refractivity contribution in [2.24, 2.45) is 0 Å². The molecular formula is C25H34N6O6. The number of morpholine rings is 2. The van der Waals surface area contributed by atoms with Crippen molar-refractivity contribution in [1.29, 1.82) is 0 Å². The van der Waals surface area contributed by atoms with E-state index in [1.165, 1.54) is 4.40 Å². The Bertz CT molecular complexity index is 1130. The van der Waals surface area contributed by atoms with E-state index in [9.17, 15) is 9.90 Å². The topological polar surface area (TPSA) is 137 Å². The summed E-state index contributed by atoms with van der Waals surface area (Å²) in [5.74, 6) is 0.390. The first kappa shape index (κ1) is 26.6. The zero-order chi connectivity index (χ0) is 25.9. The molecule has 2 aliphatic heterocycles. The van der Waals surface area contributed by atoms with Crippen molar-refractivity contribution in [3.63, 3.8) is 0 Å². The number of imidazole rings is 1. The first-order chi connectivity index (χ1) is 18.1. The van der Waals surface area contributed by atoms with E-state index in [1.54, 1.807) is 30.6 Å². The number of carbonyl (C=O) groups is 1. The predicted octanol–water partition coefficient (Wildman–Crippen LogP) is 1.12. The Morgan fingerprint density at radius 2 is 1.62 bits per heavy atom. The second-order valence-corrected chi connectivity index (χ2v) is 8.52. The number of nitrogens with zero attached hydrogens (tertiary/aromatic N) is 5. The largest absolute Gasteiger partial charge is 0.492 e. The molecule has 0 aliphatic carbocycles. The second kappa shape index (κ2) is 13.7. The number of anilines is 1. The van der Waals surface area contributed by atoms with Crippen LogP contribution < -0.4 is 15.2 Å². The molecule has 0 spiro atoms. The van der Waals surface area contributed by atoms with Gasteiger partial charge in [-0.2, -0.15) is 4.98 Å². The number of carboxylic acid groups (broad SMARTS) is 1. The molecule has 5 heterocycles. The molecule has 37 heavy (non-hydrogen) atoms. The fraction of sp³-hybridized carbons (Fsp3) is 0.480. The minimum atomic E-state index is -1.05. The SMILES string of the molecule is Nc1cc(OCCN2CCOCC2)ccn1.O=C(O)c1c(OCCN2CCOCC2)nc2ccccn12. The molecule has 0 amide bonds. The standard InChI is InChI=1S/C14H17N3O4.C11H17N3O2/c18-14(19)12-13(15-11-3-1-2-4-17(11)12)21-10-7-16-5-8-20-9-6-16;12-11-9-10(1-2-13-11)16-8-5-14-3-6-15-7-4-14/h1-4H,5-10H2,(H,18,19);1-2,9H,3-8H2,(H2,12,13). The average molecular weight is 515 g/mol. The van der Waals surface area contributed by atoms with Crippen molar-refractivity contribution in [3.05, 3.63) is 48.4 Å². The predicted molar refractivity (Wildman–Crippen MR) is 136 cm³/mol. The fourth-order valence-electron chi connectivity index (χ4n) is 4.00. The van der Waals surface area contributed by atoms with E-state index in [0.717, 1.165) is 71.4 Å². The van der Waals surface area contributed by atoms with Crippen LogP contribution in [0.5, 0.6) is 11.6 Å². The van der Waals surface area contributed by atoms with Crippen LogP contribution in [0.4, 0.5) is 5.82 Å². The van der Waals surface area contributed by atoms with Crippen LogP contribution in [0.1, 0.15) is 10.5 Å². The molecular weight excluding hydrogens is 480 g/mol. The Morgan fingerprint density at radius 3 is 2.24 bits per heavy atom. The van der Waals surface area contributed by atoms with Gasteiger partial charge in [-0.3, -0.25) is 14.2 Å². The van der Waals surface area contributed by atoms with Gasteiger partial charge < -0.3 is 29.8 Å². The number of hydrogen-bond acceptors (Lipinski definition) is 10. The maximum atomic E-state index is 11.4. The van der Waals surface area contributed by atoms with E-state index < -0.39 is 5.97 Å². The molecule has 0 aromatic carbocycles. The van der Waals surface area contributed by atoms with Gasteiger partial charge >= 0.3 is 5.97 Å². The first-order valence-corrected chi connectivity index (χ1v) is 12.4. The number of fused-ring (bicyclic) bond motifs is 1. The van der Waals surface area contributed by atoms with E-state index in [0.29, 0.717) is 24.7 Å². The van der Waals surface area contributed by atoms with Crippen LogP contribution in [-0.2, 0) is 9.47 Å². The highest BCUT2D eigenvalue weighted by Crippen LogP contribution is 2.20. The Morgan fingerprint density at radius 1 is 0.973 bits per heavy atom. The zero-order valence-electron chi connectivity index (χ0n) is 20.8. The van der Waals surface area contributed by atoms with Gasteiger partial charge in [0.25, 0.3) is 0 Å². The lowest BCUT2D eigenvalue weighted by atomic mass is 10.4. The summed E-state index contributed by atoms with van der Waals surface area (Å²) >= 11 is 0. The van der Waals surface area contributed by atoms with Crippen molar-refractivity contribution in [1.82, 2.24) is 24.2 Å². The number of aromatic nitrogens is 3. The van der Waals surface area contributed by atoms with Crippen LogP contribution in [0.2, 0.25) is 0 Å². The maximum absolute atomic E-state index is 11.4. The highest BCUT2D eigenvalue weighted by molar-refractivity contribution is 5.89. The average Bonchev–Trinajstić information content (AvgIpc) is 3.29. The second-order valence-electron chi connectivity index (χ2n) is 8.52. The van der Waals surface area contributed by atoms with Crippen LogP contribution >= 0.6 is 0 Å². The van der Waals surface area contributed by atoms with Gasteiger partial charge in [0.05, 0.1) is 26.4 Å². The molecule has 3 N–H and O–H groups in total. The molecule has 0 atom stereocenters. The molecule has 12 nitrogen and oxygen atoms in total. The smallest absolute Gasteiger partial charge is 0.358 e. The zero-order valence-corrected chi connectivity index (χ0v) is 20.8. The number of carboxylic acids is 1. The molecule has 2 aliphatic rings. The summed E-state index contributed by atoms with van der Waals surface area (Å²) in [6.07, 6.45) is 3.32. The van der Waals surface area contributed by atoms with E-state index in [4.69, 9.17) is 24.7 Å².